The minimum atomic E-state index is -0.161. The van der Waals surface area contributed by atoms with E-state index < -0.39 is 0 Å². The molecule has 0 bridgehead atoms. The van der Waals surface area contributed by atoms with Crippen LogP contribution in [0, 0.1) is 0 Å². The topological polar surface area (TPSA) is 86.9 Å². The van der Waals surface area contributed by atoms with Crippen LogP contribution in [0.3, 0.4) is 0 Å². The maximum absolute atomic E-state index is 12.9. The van der Waals surface area contributed by atoms with Crippen LogP contribution < -0.4 is 10.6 Å². The Morgan fingerprint density at radius 2 is 1.61 bits per heavy atom. The van der Waals surface area contributed by atoms with Gasteiger partial charge in [0.1, 0.15) is 0 Å². The van der Waals surface area contributed by atoms with Gasteiger partial charge in [0.2, 0.25) is 0 Å². The molecule has 0 saturated carbocycles. The summed E-state index contributed by atoms with van der Waals surface area (Å²) in [4.78, 5) is 25.0. The molecule has 4 aromatic carbocycles. The summed E-state index contributed by atoms with van der Waals surface area (Å²) >= 11 is 0. The highest BCUT2D eigenvalue weighted by Crippen LogP contribution is 2.28. The molecule has 0 saturated heterocycles. The first-order valence-electron chi connectivity index (χ1n) is 10.7. The number of amides is 2. The third-order valence-electron chi connectivity index (χ3n) is 5.77. The summed E-state index contributed by atoms with van der Waals surface area (Å²) in [6, 6.07) is 27.0. The number of H-pyrrole nitrogens is 1. The summed E-state index contributed by atoms with van der Waals surface area (Å²) in [5, 5.41) is 16.2. The van der Waals surface area contributed by atoms with E-state index in [0.717, 1.165) is 32.8 Å². The second kappa shape index (κ2) is 8.59. The lowest BCUT2D eigenvalue weighted by atomic mass is 10.0. The van der Waals surface area contributed by atoms with E-state index in [1.807, 2.05) is 48.5 Å². The van der Waals surface area contributed by atoms with Crippen molar-refractivity contribution in [2.45, 2.75) is 6.54 Å². The van der Waals surface area contributed by atoms with Gasteiger partial charge < -0.3 is 10.6 Å². The Bertz CT molecular complexity index is 1500. The highest BCUT2D eigenvalue weighted by molar-refractivity contribution is 6.02. The molecule has 0 fully saturated rings. The molecule has 1 aromatic heterocycles. The Labute approximate surface area is 190 Å². The molecule has 6 nitrogen and oxygen atoms in total. The number of benzene rings is 4. The fraction of sp³-hybridized carbons (Fsp3) is 0.0741. The van der Waals surface area contributed by atoms with Gasteiger partial charge in [-0.1, -0.05) is 54.6 Å². The van der Waals surface area contributed by atoms with Crippen molar-refractivity contribution in [3.63, 3.8) is 0 Å². The van der Waals surface area contributed by atoms with E-state index in [-0.39, 0.29) is 11.8 Å². The van der Waals surface area contributed by atoms with E-state index in [9.17, 15) is 9.59 Å². The predicted molar refractivity (Wildman–Crippen MR) is 130 cm³/mol. The van der Waals surface area contributed by atoms with E-state index in [2.05, 4.69) is 39.0 Å². The van der Waals surface area contributed by atoms with Crippen molar-refractivity contribution in [1.29, 1.82) is 0 Å². The summed E-state index contributed by atoms with van der Waals surface area (Å²) in [5.41, 5.74) is 4.48. The molecule has 0 atom stereocenters. The van der Waals surface area contributed by atoms with Crippen molar-refractivity contribution in [3.05, 3.63) is 102 Å². The number of carbonyl (C=O) groups excluding carboxylic acids is 2. The van der Waals surface area contributed by atoms with E-state index >= 15 is 0 Å². The van der Waals surface area contributed by atoms with Crippen LogP contribution in [0.5, 0.6) is 0 Å². The normalized spacial score (nSPS) is 10.9. The zero-order chi connectivity index (χ0) is 22.8. The number of carbonyl (C=O) groups is 2. The molecule has 0 aliphatic heterocycles. The van der Waals surface area contributed by atoms with Crippen LogP contribution in [-0.2, 0) is 6.54 Å². The fourth-order valence-corrected chi connectivity index (χ4v) is 4.05. The molecule has 2 amide bonds. The summed E-state index contributed by atoms with van der Waals surface area (Å²) in [7, 11) is 1.60. The van der Waals surface area contributed by atoms with E-state index in [1.54, 1.807) is 25.2 Å². The first-order chi connectivity index (χ1) is 16.1. The second-order valence-electron chi connectivity index (χ2n) is 7.81. The van der Waals surface area contributed by atoms with Crippen LogP contribution >= 0.6 is 0 Å². The molecule has 0 spiro atoms. The average Bonchev–Trinajstić information content (AvgIpc) is 3.30. The molecule has 33 heavy (non-hydrogen) atoms. The minimum Gasteiger partial charge on any atom is -0.355 e. The number of aromatic nitrogens is 2. The molecule has 5 aromatic rings. The molecular weight excluding hydrogens is 412 g/mol. The predicted octanol–water partition coefficient (Wildman–Crippen LogP) is 4.67. The largest absolute Gasteiger partial charge is 0.355 e. The van der Waals surface area contributed by atoms with Gasteiger partial charge in [-0.05, 0) is 46.7 Å². The Morgan fingerprint density at radius 1 is 0.818 bits per heavy atom. The Balaban J connectivity index is 1.41. The smallest absolute Gasteiger partial charge is 0.251 e. The number of hydrogen-bond acceptors (Lipinski definition) is 3. The minimum absolute atomic E-state index is 0.157. The number of nitrogens with one attached hydrogen (secondary N) is 3. The highest BCUT2D eigenvalue weighted by Gasteiger charge is 2.14. The average molecular weight is 434 g/mol. The molecular formula is C27H22N4O2. The molecule has 0 aliphatic carbocycles. The fourth-order valence-electron chi connectivity index (χ4n) is 4.05. The number of rotatable bonds is 5. The summed E-state index contributed by atoms with van der Waals surface area (Å²) < 4.78 is 0. The van der Waals surface area contributed by atoms with Crippen LogP contribution in [0.25, 0.3) is 32.9 Å². The number of hydrogen-bond donors (Lipinski definition) is 3. The molecule has 0 unspecified atom stereocenters. The number of fused-ring (bicyclic) bond motifs is 2. The van der Waals surface area contributed by atoms with Gasteiger partial charge in [0, 0.05) is 35.7 Å². The molecule has 6 heteroatoms. The molecule has 3 N–H and O–H groups in total. The summed E-state index contributed by atoms with van der Waals surface area (Å²) in [6.07, 6.45) is 0. The van der Waals surface area contributed by atoms with Crippen molar-refractivity contribution in [3.8, 4) is 11.3 Å². The molecule has 162 valence electrons. The van der Waals surface area contributed by atoms with Gasteiger partial charge in [-0.25, -0.2) is 0 Å². The zero-order valence-electron chi connectivity index (χ0n) is 18.1. The van der Waals surface area contributed by atoms with E-state index in [0.29, 0.717) is 23.4 Å². The molecule has 1 heterocycles. The maximum atomic E-state index is 12.9. The Morgan fingerprint density at radius 3 is 2.48 bits per heavy atom. The third kappa shape index (κ3) is 3.94. The van der Waals surface area contributed by atoms with Crippen LogP contribution in [0.1, 0.15) is 26.3 Å². The highest BCUT2D eigenvalue weighted by atomic mass is 16.2. The van der Waals surface area contributed by atoms with Crippen molar-refractivity contribution in [2.24, 2.45) is 0 Å². The lowest BCUT2D eigenvalue weighted by molar-refractivity contribution is 0.0947. The number of aromatic amines is 1. The monoisotopic (exact) mass is 434 g/mol. The van der Waals surface area contributed by atoms with Gasteiger partial charge in [-0.3, -0.25) is 14.7 Å². The summed E-state index contributed by atoms with van der Waals surface area (Å²) in [5.74, 6) is -0.318. The van der Waals surface area contributed by atoms with Crippen LogP contribution in [0.2, 0.25) is 0 Å². The molecule has 5 rings (SSSR count). The SMILES string of the molecule is CNC(=O)c1ccc2[nH]nc(-c3cccc(C(=O)NCc4cccc5ccccc45)c3)c2c1. The van der Waals surface area contributed by atoms with Crippen molar-refractivity contribution >= 4 is 33.5 Å². The number of nitrogens with zero attached hydrogens (tertiary/aromatic N) is 1. The Hall–Kier alpha value is -4.45. The first-order valence-corrected chi connectivity index (χ1v) is 10.7. The summed E-state index contributed by atoms with van der Waals surface area (Å²) in [6.45, 7) is 0.436. The lowest BCUT2D eigenvalue weighted by Crippen LogP contribution is -2.22. The van der Waals surface area contributed by atoms with Gasteiger partial charge in [-0.2, -0.15) is 5.10 Å². The Kier molecular flexibility index (Phi) is 5.32. The van der Waals surface area contributed by atoms with Crippen LogP contribution in [0.4, 0.5) is 0 Å². The third-order valence-corrected chi connectivity index (χ3v) is 5.77. The zero-order valence-corrected chi connectivity index (χ0v) is 18.1. The van der Waals surface area contributed by atoms with Gasteiger partial charge in [0.05, 0.1) is 11.2 Å². The van der Waals surface area contributed by atoms with Crippen molar-refractivity contribution < 1.29 is 9.59 Å². The van der Waals surface area contributed by atoms with Crippen LogP contribution in [-0.4, -0.2) is 29.1 Å². The van der Waals surface area contributed by atoms with Gasteiger partial charge >= 0.3 is 0 Å². The van der Waals surface area contributed by atoms with Gasteiger partial charge in [-0.15, -0.1) is 0 Å². The van der Waals surface area contributed by atoms with Crippen molar-refractivity contribution in [1.82, 2.24) is 20.8 Å². The molecule has 0 aliphatic rings. The first kappa shape index (κ1) is 20.5. The van der Waals surface area contributed by atoms with Crippen molar-refractivity contribution in [2.75, 3.05) is 7.05 Å². The second-order valence-corrected chi connectivity index (χ2v) is 7.81. The quantitative estimate of drug-likeness (QED) is 0.376. The molecule has 0 radical (unpaired) electrons. The van der Waals surface area contributed by atoms with Crippen LogP contribution in [0.15, 0.2) is 84.9 Å². The maximum Gasteiger partial charge on any atom is 0.251 e. The van der Waals surface area contributed by atoms with Gasteiger partial charge in [0.25, 0.3) is 11.8 Å². The standard InChI is InChI=1S/C27H22N4O2/c1-28-26(32)20-12-13-24-23(15-20)25(31-30-24)18-8-5-9-19(14-18)27(33)29-16-21-10-4-7-17-6-2-3-11-22(17)21/h2-15H,16H2,1H3,(H,28,32)(H,29,33)(H,30,31). The lowest BCUT2D eigenvalue weighted by Gasteiger charge is -2.09. The van der Waals surface area contributed by atoms with E-state index in [1.165, 1.54) is 0 Å². The van der Waals surface area contributed by atoms with E-state index in [4.69, 9.17) is 0 Å². The van der Waals surface area contributed by atoms with Gasteiger partial charge in [0.15, 0.2) is 0 Å².